The second-order valence-electron chi connectivity index (χ2n) is 12.0. The molecule has 3 aliphatic rings. The van der Waals surface area contributed by atoms with Crippen LogP contribution in [0.1, 0.15) is 43.7 Å². The van der Waals surface area contributed by atoms with Crippen molar-refractivity contribution in [1.29, 1.82) is 0 Å². The van der Waals surface area contributed by atoms with Gasteiger partial charge in [-0.15, -0.1) is 0 Å². The molecule has 0 aliphatic carbocycles. The van der Waals surface area contributed by atoms with Crippen LogP contribution in [0.2, 0.25) is 0 Å². The first-order valence-corrected chi connectivity index (χ1v) is 15.1. The number of rotatable bonds is 10. The van der Waals surface area contributed by atoms with E-state index in [-0.39, 0.29) is 46.4 Å². The number of alkyl halides is 2. The Labute approximate surface area is 273 Å². The standard InChI is InChI=1S/C35H26F10O4/c1-2-3-4-7-33-15-46-35(47-16-33,48-17-33)20-5-6-22(23(36)12-20)18-8-24(37)30(25(38)9-18)19-10-26(39)31(27(40)11-19)34(44,45)49-21-13-28(41)32(43)29(42)14-21/h5-6,8-14H,2-4,7,15-17H2,1H3. The Morgan fingerprint density at radius 2 is 1.20 bits per heavy atom. The van der Waals surface area contributed by atoms with Gasteiger partial charge in [0, 0.05) is 28.7 Å². The van der Waals surface area contributed by atoms with Gasteiger partial charge in [0.05, 0.1) is 25.4 Å². The molecule has 4 aromatic rings. The molecule has 0 spiro atoms. The number of ether oxygens (including phenoxy) is 4. The van der Waals surface area contributed by atoms with Gasteiger partial charge < -0.3 is 18.9 Å². The molecule has 3 heterocycles. The van der Waals surface area contributed by atoms with Crippen LogP contribution < -0.4 is 4.74 Å². The molecule has 2 bridgehead atoms. The molecule has 3 fully saturated rings. The van der Waals surface area contributed by atoms with E-state index in [9.17, 15) is 30.7 Å². The smallest absolute Gasteiger partial charge is 0.429 e. The zero-order valence-corrected chi connectivity index (χ0v) is 25.6. The molecule has 14 heteroatoms. The molecule has 0 amide bonds. The van der Waals surface area contributed by atoms with Gasteiger partial charge in [0.25, 0.3) is 0 Å². The molecule has 260 valence electrons. The third-order valence-corrected chi connectivity index (χ3v) is 8.52. The van der Waals surface area contributed by atoms with E-state index >= 15 is 13.2 Å². The first-order valence-electron chi connectivity index (χ1n) is 15.1. The topological polar surface area (TPSA) is 36.9 Å². The van der Waals surface area contributed by atoms with Crippen LogP contribution in [-0.4, -0.2) is 19.8 Å². The molecule has 4 nitrogen and oxygen atoms in total. The summed E-state index contributed by atoms with van der Waals surface area (Å²) in [5, 5.41) is 0. The van der Waals surface area contributed by atoms with Gasteiger partial charge in [0.15, 0.2) is 17.5 Å². The molecule has 3 aliphatic heterocycles. The largest absolute Gasteiger partial charge is 0.432 e. The summed E-state index contributed by atoms with van der Waals surface area (Å²) in [5.74, 6) is -16.6. The van der Waals surface area contributed by atoms with Gasteiger partial charge in [-0.3, -0.25) is 0 Å². The van der Waals surface area contributed by atoms with Gasteiger partial charge in [-0.25, -0.2) is 35.1 Å². The third kappa shape index (κ3) is 6.49. The van der Waals surface area contributed by atoms with Crippen LogP contribution in [0, 0.1) is 52.0 Å². The van der Waals surface area contributed by atoms with E-state index in [2.05, 4.69) is 11.7 Å². The normalized spacial score (nSPS) is 20.6. The highest BCUT2D eigenvalue weighted by Crippen LogP contribution is 2.47. The fourth-order valence-electron chi connectivity index (χ4n) is 5.94. The summed E-state index contributed by atoms with van der Waals surface area (Å²) in [6.07, 6.45) is -1.01. The van der Waals surface area contributed by atoms with E-state index in [4.69, 9.17) is 14.2 Å². The first kappa shape index (κ1) is 34.7. The summed E-state index contributed by atoms with van der Waals surface area (Å²) in [5.41, 5.74) is -4.64. The van der Waals surface area contributed by atoms with Crippen LogP contribution in [0.25, 0.3) is 22.3 Å². The van der Waals surface area contributed by atoms with Crippen LogP contribution in [0.4, 0.5) is 43.9 Å². The van der Waals surface area contributed by atoms with Gasteiger partial charge in [0.1, 0.15) is 40.4 Å². The molecule has 0 unspecified atom stereocenters. The van der Waals surface area contributed by atoms with Crippen LogP contribution in [-0.2, 0) is 26.3 Å². The Bertz CT molecular complexity index is 1820. The van der Waals surface area contributed by atoms with Gasteiger partial charge in [-0.05, 0) is 47.9 Å². The number of fused-ring (bicyclic) bond motifs is 3. The SMILES string of the molecule is CCCCCC12COC(c3ccc(-c4cc(F)c(-c5cc(F)c(C(F)(F)Oc6cc(F)c(F)c(F)c6)c(F)c5)c(F)c4)c(F)c3)(OC1)OC2. The van der Waals surface area contributed by atoms with Gasteiger partial charge >= 0.3 is 12.1 Å². The predicted octanol–water partition coefficient (Wildman–Crippen LogP) is 10.0. The summed E-state index contributed by atoms with van der Waals surface area (Å²) in [6.45, 7) is 3.09. The maximum atomic E-state index is 15.4. The maximum absolute atomic E-state index is 15.4. The average molecular weight is 701 g/mol. The molecule has 0 saturated carbocycles. The van der Waals surface area contributed by atoms with E-state index in [0.29, 0.717) is 32.0 Å². The molecule has 3 saturated heterocycles. The van der Waals surface area contributed by atoms with Crippen LogP contribution in [0.3, 0.4) is 0 Å². The zero-order valence-electron chi connectivity index (χ0n) is 25.6. The predicted molar refractivity (Wildman–Crippen MR) is 154 cm³/mol. The zero-order chi connectivity index (χ0) is 35.3. The van der Waals surface area contributed by atoms with Crippen molar-refractivity contribution in [3.8, 4) is 28.0 Å². The molecule has 0 aromatic heterocycles. The number of halogens is 10. The third-order valence-electron chi connectivity index (χ3n) is 8.52. The summed E-state index contributed by atoms with van der Waals surface area (Å²) in [7, 11) is 0. The Balaban J connectivity index is 1.24. The quantitative estimate of drug-likeness (QED) is 0.0938. The fraction of sp³-hybridized carbons (Fsp3) is 0.314. The van der Waals surface area contributed by atoms with E-state index in [0.717, 1.165) is 31.7 Å². The number of hydrogen-bond acceptors (Lipinski definition) is 4. The number of benzene rings is 4. The second kappa shape index (κ2) is 13.0. The van der Waals surface area contributed by atoms with Crippen molar-refractivity contribution in [3.63, 3.8) is 0 Å². The Morgan fingerprint density at radius 3 is 1.73 bits per heavy atom. The lowest BCUT2D eigenvalue weighted by molar-refractivity contribution is -0.480. The lowest BCUT2D eigenvalue weighted by atomic mass is 9.82. The minimum atomic E-state index is -4.91. The Hall–Kier alpha value is -4.14. The second-order valence-corrected chi connectivity index (χ2v) is 12.0. The van der Waals surface area contributed by atoms with Crippen molar-refractivity contribution in [2.75, 3.05) is 19.8 Å². The highest BCUT2D eigenvalue weighted by Gasteiger charge is 2.53. The Kier molecular flexibility index (Phi) is 9.18. The highest BCUT2D eigenvalue weighted by atomic mass is 19.3. The summed E-state index contributed by atoms with van der Waals surface area (Å²) in [4.78, 5) is 0. The fourth-order valence-corrected chi connectivity index (χ4v) is 5.94. The Morgan fingerprint density at radius 1 is 0.653 bits per heavy atom. The number of hydrogen-bond donors (Lipinski definition) is 0. The molecular formula is C35H26F10O4. The van der Waals surface area contributed by atoms with Crippen molar-refractivity contribution in [3.05, 3.63) is 112 Å². The molecule has 4 aromatic carbocycles. The highest BCUT2D eigenvalue weighted by molar-refractivity contribution is 5.72. The first-order chi connectivity index (χ1) is 23.2. The summed E-state index contributed by atoms with van der Waals surface area (Å²) in [6, 6.07) is 5.45. The van der Waals surface area contributed by atoms with E-state index in [1.54, 1.807) is 0 Å². The van der Waals surface area contributed by atoms with Gasteiger partial charge in [0.2, 0.25) is 0 Å². The molecule has 0 radical (unpaired) electrons. The van der Waals surface area contributed by atoms with Crippen molar-refractivity contribution < 1.29 is 62.9 Å². The lowest BCUT2D eigenvalue weighted by Gasteiger charge is -2.52. The van der Waals surface area contributed by atoms with Crippen molar-refractivity contribution in [1.82, 2.24) is 0 Å². The average Bonchev–Trinajstić information content (AvgIpc) is 3.03. The molecule has 0 atom stereocenters. The molecule has 49 heavy (non-hydrogen) atoms. The minimum absolute atomic E-state index is 0.0262. The monoisotopic (exact) mass is 700 g/mol. The molecule has 0 N–H and O–H groups in total. The maximum Gasteiger partial charge on any atom is 0.432 e. The number of unbranched alkanes of at least 4 members (excludes halogenated alkanes) is 2. The van der Waals surface area contributed by atoms with Crippen molar-refractivity contribution in [2.45, 2.75) is 44.7 Å². The lowest BCUT2D eigenvalue weighted by Crippen LogP contribution is -2.58. The van der Waals surface area contributed by atoms with Crippen molar-refractivity contribution in [2.24, 2.45) is 5.41 Å². The van der Waals surface area contributed by atoms with E-state index < -0.39 is 81.1 Å². The van der Waals surface area contributed by atoms with Crippen LogP contribution >= 0.6 is 0 Å². The molecule has 7 rings (SSSR count). The van der Waals surface area contributed by atoms with Crippen molar-refractivity contribution >= 4 is 0 Å². The minimum Gasteiger partial charge on any atom is -0.429 e. The summed E-state index contributed by atoms with van der Waals surface area (Å²) < 4.78 is 167. The van der Waals surface area contributed by atoms with Gasteiger partial charge in [-0.1, -0.05) is 38.3 Å². The van der Waals surface area contributed by atoms with E-state index in [1.807, 2.05) is 0 Å². The van der Waals surface area contributed by atoms with E-state index in [1.165, 1.54) is 12.1 Å². The van der Waals surface area contributed by atoms with Crippen LogP contribution in [0.15, 0.2) is 54.6 Å². The van der Waals surface area contributed by atoms with Gasteiger partial charge in [-0.2, -0.15) is 8.78 Å². The molecular weight excluding hydrogens is 674 g/mol. The van der Waals surface area contributed by atoms with Crippen LogP contribution in [0.5, 0.6) is 5.75 Å². The summed E-state index contributed by atoms with van der Waals surface area (Å²) >= 11 is 0.